The zero-order valence-electron chi connectivity index (χ0n) is 10.2. The van der Waals surface area contributed by atoms with E-state index >= 15 is 0 Å². The summed E-state index contributed by atoms with van der Waals surface area (Å²) in [5.41, 5.74) is 13.7. The lowest BCUT2D eigenvalue weighted by Gasteiger charge is -2.15. The normalized spacial score (nSPS) is 11.5. The van der Waals surface area contributed by atoms with Crippen LogP contribution in [0.1, 0.15) is 5.56 Å². The van der Waals surface area contributed by atoms with Crippen molar-refractivity contribution in [3.63, 3.8) is 0 Å². The standard InChI is InChI=1S/C11H17N5O3/c12-5-7-1-3-8(4-2-7)14-11(18)15-9(6-13)10(17)16-19/h1-4,9,19H,5-6,12-13H2,(H,16,17)(H2,14,15,18). The highest BCUT2D eigenvalue weighted by molar-refractivity contribution is 5.93. The smallest absolute Gasteiger partial charge is 0.319 e. The maximum atomic E-state index is 11.6. The van der Waals surface area contributed by atoms with E-state index in [1.54, 1.807) is 24.3 Å². The molecular weight excluding hydrogens is 250 g/mol. The highest BCUT2D eigenvalue weighted by Crippen LogP contribution is 2.08. The molecule has 0 aromatic heterocycles. The Balaban J connectivity index is 2.56. The molecule has 1 aromatic rings. The van der Waals surface area contributed by atoms with Gasteiger partial charge in [-0.3, -0.25) is 10.0 Å². The first-order valence-corrected chi connectivity index (χ1v) is 5.61. The molecule has 0 fully saturated rings. The van der Waals surface area contributed by atoms with Gasteiger partial charge >= 0.3 is 6.03 Å². The third-order valence-electron chi connectivity index (χ3n) is 2.42. The van der Waals surface area contributed by atoms with Crippen LogP contribution in [0.25, 0.3) is 0 Å². The second-order valence-corrected chi connectivity index (χ2v) is 3.76. The quantitative estimate of drug-likeness (QED) is 0.303. The van der Waals surface area contributed by atoms with Crippen LogP contribution in [0, 0.1) is 0 Å². The van der Waals surface area contributed by atoms with Crippen LogP contribution in [-0.4, -0.2) is 29.7 Å². The Morgan fingerprint density at radius 2 is 1.84 bits per heavy atom. The number of nitrogens with one attached hydrogen (secondary N) is 3. The number of hydroxylamine groups is 1. The number of hydrogen-bond donors (Lipinski definition) is 6. The average Bonchev–Trinajstić information content (AvgIpc) is 2.44. The lowest BCUT2D eigenvalue weighted by atomic mass is 10.2. The Hall–Kier alpha value is -2.16. The van der Waals surface area contributed by atoms with Crippen LogP contribution >= 0.6 is 0 Å². The van der Waals surface area contributed by atoms with E-state index in [-0.39, 0.29) is 6.54 Å². The zero-order valence-corrected chi connectivity index (χ0v) is 10.2. The molecule has 8 nitrogen and oxygen atoms in total. The number of urea groups is 1. The summed E-state index contributed by atoms with van der Waals surface area (Å²) in [7, 11) is 0. The molecule has 0 heterocycles. The van der Waals surface area contributed by atoms with Crippen LogP contribution in [0.5, 0.6) is 0 Å². The van der Waals surface area contributed by atoms with E-state index in [4.69, 9.17) is 16.7 Å². The molecule has 1 rings (SSSR count). The molecule has 0 bridgehead atoms. The number of nitrogens with two attached hydrogens (primary N) is 2. The summed E-state index contributed by atoms with van der Waals surface area (Å²) in [6.07, 6.45) is 0. The second kappa shape index (κ2) is 7.31. The van der Waals surface area contributed by atoms with E-state index in [9.17, 15) is 9.59 Å². The van der Waals surface area contributed by atoms with Gasteiger partial charge in [-0.15, -0.1) is 0 Å². The summed E-state index contributed by atoms with van der Waals surface area (Å²) in [6, 6.07) is 5.32. The lowest BCUT2D eigenvalue weighted by molar-refractivity contribution is -0.130. The zero-order chi connectivity index (χ0) is 14.3. The minimum Gasteiger partial charge on any atom is -0.328 e. The Labute approximate surface area is 110 Å². The van der Waals surface area contributed by atoms with Crippen molar-refractivity contribution in [1.29, 1.82) is 0 Å². The third kappa shape index (κ3) is 4.54. The van der Waals surface area contributed by atoms with E-state index in [0.717, 1.165) is 5.56 Å². The fourth-order valence-corrected chi connectivity index (χ4v) is 1.36. The summed E-state index contributed by atoms with van der Waals surface area (Å²) >= 11 is 0. The molecule has 1 atom stereocenters. The maximum Gasteiger partial charge on any atom is 0.319 e. The summed E-state index contributed by atoms with van der Waals surface area (Å²) in [5, 5.41) is 13.3. The minimum absolute atomic E-state index is 0.133. The summed E-state index contributed by atoms with van der Waals surface area (Å²) in [5.74, 6) is -0.781. The molecule has 104 valence electrons. The van der Waals surface area contributed by atoms with Crippen molar-refractivity contribution in [3.8, 4) is 0 Å². The topological polar surface area (TPSA) is 142 Å². The van der Waals surface area contributed by atoms with Gasteiger partial charge in [-0.25, -0.2) is 10.3 Å². The van der Waals surface area contributed by atoms with E-state index in [1.807, 2.05) is 0 Å². The van der Waals surface area contributed by atoms with Crippen LogP contribution in [-0.2, 0) is 11.3 Å². The molecule has 8 N–H and O–H groups in total. The van der Waals surface area contributed by atoms with Gasteiger partial charge in [0, 0.05) is 18.8 Å². The number of carbonyl (C=O) groups is 2. The number of amides is 3. The Bertz CT molecular complexity index is 434. The molecular formula is C11H17N5O3. The van der Waals surface area contributed by atoms with Gasteiger partial charge in [0.05, 0.1) is 0 Å². The Morgan fingerprint density at radius 1 is 1.21 bits per heavy atom. The molecule has 0 aliphatic carbocycles. The van der Waals surface area contributed by atoms with Crippen LogP contribution in [0.2, 0.25) is 0 Å². The van der Waals surface area contributed by atoms with Gasteiger partial charge in [-0.2, -0.15) is 0 Å². The van der Waals surface area contributed by atoms with Crippen LogP contribution in [0.4, 0.5) is 10.5 Å². The number of benzene rings is 1. The first-order chi connectivity index (χ1) is 9.10. The van der Waals surface area contributed by atoms with E-state index in [1.165, 1.54) is 5.48 Å². The first kappa shape index (κ1) is 14.9. The van der Waals surface area contributed by atoms with Gasteiger partial charge in [0.1, 0.15) is 6.04 Å². The number of carbonyl (C=O) groups excluding carboxylic acids is 2. The van der Waals surface area contributed by atoms with E-state index in [2.05, 4.69) is 10.6 Å². The lowest BCUT2D eigenvalue weighted by Crippen LogP contribution is -2.51. The van der Waals surface area contributed by atoms with Crippen LogP contribution in [0.3, 0.4) is 0 Å². The molecule has 0 saturated heterocycles. The molecule has 0 aliphatic heterocycles. The average molecular weight is 267 g/mol. The van der Waals surface area contributed by atoms with Gasteiger partial charge < -0.3 is 22.1 Å². The van der Waals surface area contributed by atoms with Crippen molar-refractivity contribution in [2.24, 2.45) is 11.5 Å². The molecule has 1 unspecified atom stereocenters. The molecule has 1 aromatic carbocycles. The van der Waals surface area contributed by atoms with Crippen molar-refractivity contribution in [2.45, 2.75) is 12.6 Å². The molecule has 0 spiro atoms. The van der Waals surface area contributed by atoms with Crippen molar-refractivity contribution < 1.29 is 14.8 Å². The molecule has 0 saturated carbocycles. The molecule has 3 amide bonds. The maximum absolute atomic E-state index is 11.6. The molecule has 8 heteroatoms. The Kier molecular flexibility index (Phi) is 5.73. The van der Waals surface area contributed by atoms with Crippen molar-refractivity contribution in [2.75, 3.05) is 11.9 Å². The van der Waals surface area contributed by atoms with E-state index in [0.29, 0.717) is 12.2 Å². The molecule has 19 heavy (non-hydrogen) atoms. The van der Waals surface area contributed by atoms with Crippen molar-refractivity contribution >= 4 is 17.6 Å². The predicted octanol–water partition coefficient (Wildman–Crippen LogP) is -0.900. The Morgan fingerprint density at radius 3 is 2.32 bits per heavy atom. The van der Waals surface area contributed by atoms with Gasteiger partial charge in [0.25, 0.3) is 5.91 Å². The van der Waals surface area contributed by atoms with Crippen molar-refractivity contribution in [1.82, 2.24) is 10.8 Å². The minimum atomic E-state index is -1.01. The number of hydrogen-bond acceptors (Lipinski definition) is 5. The van der Waals surface area contributed by atoms with Crippen molar-refractivity contribution in [3.05, 3.63) is 29.8 Å². The predicted molar refractivity (Wildman–Crippen MR) is 69.3 cm³/mol. The fourth-order valence-electron chi connectivity index (χ4n) is 1.36. The highest BCUT2D eigenvalue weighted by Gasteiger charge is 2.18. The first-order valence-electron chi connectivity index (χ1n) is 5.61. The van der Waals surface area contributed by atoms with E-state index < -0.39 is 18.0 Å². The largest absolute Gasteiger partial charge is 0.328 e. The summed E-state index contributed by atoms with van der Waals surface area (Å²) < 4.78 is 0. The van der Waals surface area contributed by atoms with Gasteiger partial charge in [0.2, 0.25) is 0 Å². The highest BCUT2D eigenvalue weighted by atomic mass is 16.5. The van der Waals surface area contributed by atoms with Gasteiger partial charge in [-0.1, -0.05) is 12.1 Å². The molecule has 0 radical (unpaired) electrons. The number of rotatable bonds is 5. The molecule has 0 aliphatic rings. The summed E-state index contributed by atoms with van der Waals surface area (Å²) in [4.78, 5) is 22.7. The van der Waals surface area contributed by atoms with Crippen LogP contribution in [0.15, 0.2) is 24.3 Å². The SMILES string of the molecule is NCc1ccc(NC(=O)NC(CN)C(=O)NO)cc1. The monoisotopic (exact) mass is 267 g/mol. The third-order valence-corrected chi connectivity index (χ3v) is 2.42. The van der Waals surface area contributed by atoms with Gasteiger partial charge in [0.15, 0.2) is 0 Å². The van der Waals surface area contributed by atoms with Gasteiger partial charge in [-0.05, 0) is 17.7 Å². The van der Waals surface area contributed by atoms with Crippen LogP contribution < -0.4 is 27.6 Å². The summed E-state index contributed by atoms with van der Waals surface area (Å²) in [6.45, 7) is 0.282. The second-order valence-electron chi connectivity index (χ2n) is 3.76. The number of anilines is 1. The fraction of sp³-hybridized carbons (Fsp3) is 0.273.